The van der Waals surface area contributed by atoms with E-state index in [1.54, 1.807) is 0 Å². The average Bonchev–Trinajstić information content (AvgIpc) is 2.60. The third-order valence-electron chi connectivity index (χ3n) is 3.91. The van der Waals surface area contributed by atoms with Crippen molar-refractivity contribution >= 4 is 17.7 Å². The lowest BCUT2D eigenvalue weighted by Crippen LogP contribution is -2.26. The van der Waals surface area contributed by atoms with E-state index in [-0.39, 0.29) is 5.91 Å². The van der Waals surface area contributed by atoms with Crippen molar-refractivity contribution in [3.63, 3.8) is 0 Å². The summed E-state index contributed by atoms with van der Waals surface area (Å²) in [7, 11) is 0. The van der Waals surface area contributed by atoms with Gasteiger partial charge in [-0.2, -0.15) is 11.8 Å². The van der Waals surface area contributed by atoms with Crippen LogP contribution in [0, 0.1) is 0 Å². The number of amides is 1. The third kappa shape index (κ3) is 10.7. The largest absolute Gasteiger partial charge is 0.273 e. The Balaban J connectivity index is 2.23. The molecule has 1 N–H and O–H groups in total. The third-order valence-corrected chi connectivity index (χ3v) is 5.31. The summed E-state index contributed by atoms with van der Waals surface area (Å²) in [5, 5.41) is 0.409. The molecule has 1 amide bonds. The number of unbranched alkanes of at least 4 members (excludes halogenated alkanes) is 4. The lowest BCUT2D eigenvalue weighted by molar-refractivity contribution is -0.134. The predicted molar refractivity (Wildman–Crippen MR) is 104 cm³/mol. The number of carbonyl (C=O) groups excluding carboxylic acids is 1. The molecule has 0 aliphatic heterocycles. The molecule has 136 valence electrons. The molecule has 0 aliphatic rings. The maximum absolute atomic E-state index is 12.1. The van der Waals surface area contributed by atoms with Crippen molar-refractivity contribution in [2.75, 3.05) is 5.75 Å². The van der Waals surface area contributed by atoms with E-state index in [9.17, 15) is 4.79 Å². The molecule has 1 aromatic rings. The number of hydrogen-bond acceptors (Lipinski definition) is 3. The van der Waals surface area contributed by atoms with Gasteiger partial charge in [0.1, 0.15) is 0 Å². The molecular formula is C20H33NO2S. The van der Waals surface area contributed by atoms with E-state index in [0.717, 1.165) is 17.7 Å². The first-order valence-corrected chi connectivity index (χ1v) is 10.4. The lowest BCUT2D eigenvalue weighted by Gasteiger charge is -2.16. The molecule has 1 rings (SSSR count). The summed E-state index contributed by atoms with van der Waals surface area (Å²) in [6.07, 6.45) is 9.17. The van der Waals surface area contributed by atoms with Crippen LogP contribution in [-0.4, -0.2) is 16.9 Å². The number of hydroxylamine groups is 1. The molecule has 24 heavy (non-hydrogen) atoms. The van der Waals surface area contributed by atoms with Crippen molar-refractivity contribution in [3.05, 3.63) is 35.9 Å². The number of nitrogens with one attached hydrogen (secondary N) is 1. The number of carbonyl (C=O) groups is 1. The Morgan fingerprint density at radius 2 is 1.83 bits per heavy atom. The SMILES string of the molecule is CCCCCCSC(CCCC)CC(=O)NOCc1ccccc1. The Hall–Kier alpha value is -1.00. The minimum absolute atomic E-state index is 0.00640. The summed E-state index contributed by atoms with van der Waals surface area (Å²) >= 11 is 1.95. The van der Waals surface area contributed by atoms with E-state index in [4.69, 9.17) is 4.84 Å². The summed E-state index contributed by atoms with van der Waals surface area (Å²) in [5.74, 6) is 1.15. The topological polar surface area (TPSA) is 38.3 Å². The van der Waals surface area contributed by atoms with Crippen LogP contribution < -0.4 is 5.48 Å². The van der Waals surface area contributed by atoms with Crippen molar-refractivity contribution in [1.82, 2.24) is 5.48 Å². The molecule has 1 atom stereocenters. The first-order valence-electron chi connectivity index (χ1n) is 9.32. The minimum atomic E-state index is -0.00640. The summed E-state index contributed by atoms with van der Waals surface area (Å²) in [6, 6.07) is 9.88. The van der Waals surface area contributed by atoms with E-state index >= 15 is 0 Å². The Morgan fingerprint density at radius 3 is 2.54 bits per heavy atom. The van der Waals surface area contributed by atoms with Crippen molar-refractivity contribution in [2.45, 2.75) is 77.1 Å². The number of rotatable bonds is 14. The average molecular weight is 352 g/mol. The summed E-state index contributed by atoms with van der Waals surface area (Å²) in [4.78, 5) is 17.4. The Bertz CT molecular complexity index is 425. The van der Waals surface area contributed by atoms with Gasteiger partial charge in [0.15, 0.2) is 0 Å². The van der Waals surface area contributed by atoms with Crippen molar-refractivity contribution in [1.29, 1.82) is 0 Å². The second kappa shape index (κ2) is 14.4. The van der Waals surface area contributed by atoms with E-state index < -0.39 is 0 Å². The normalized spacial score (nSPS) is 12.1. The van der Waals surface area contributed by atoms with Gasteiger partial charge in [0.2, 0.25) is 5.91 Å². The number of hydrogen-bond donors (Lipinski definition) is 1. The molecule has 0 saturated heterocycles. The predicted octanol–water partition coefficient (Wildman–Crippen LogP) is 5.50. The standard InChI is InChI=1S/C20H33NO2S/c1-3-5-7-11-15-24-19(14-6-4-2)16-20(22)21-23-17-18-12-9-8-10-13-18/h8-10,12-13,19H,3-7,11,14-17H2,1-2H3,(H,21,22). The molecule has 3 nitrogen and oxygen atoms in total. The maximum atomic E-state index is 12.1. The first-order chi connectivity index (χ1) is 11.8. The molecule has 1 aromatic carbocycles. The van der Waals surface area contributed by atoms with Gasteiger partial charge in [-0.25, -0.2) is 5.48 Å². The summed E-state index contributed by atoms with van der Waals surface area (Å²) < 4.78 is 0. The zero-order valence-electron chi connectivity index (χ0n) is 15.3. The fourth-order valence-electron chi connectivity index (χ4n) is 2.48. The van der Waals surface area contributed by atoms with Gasteiger partial charge in [-0.15, -0.1) is 0 Å². The quantitative estimate of drug-likeness (QED) is 0.355. The number of thioether (sulfide) groups is 1. The van der Waals surface area contributed by atoms with Gasteiger partial charge in [-0.1, -0.05) is 76.3 Å². The molecular weight excluding hydrogens is 318 g/mol. The molecule has 0 fully saturated rings. The molecule has 0 spiro atoms. The Kier molecular flexibility index (Phi) is 12.6. The van der Waals surface area contributed by atoms with Gasteiger partial charge in [-0.3, -0.25) is 9.63 Å². The van der Waals surface area contributed by atoms with Crippen LogP contribution in [-0.2, 0) is 16.2 Å². The van der Waals surface area contributed by atoms with Crippen LogP contribution in [0.15, 0.2) is 30.3 Å². The molecule has 0 bridgehead atoms. The van der Waals surface area contributed by atoms with Gasteiger partial charge in [0.05, 0.1) is 6.61 Å². The molecule has 0 aliphatic carbocycles. The highest BCUT2D eigenvalue weighted by Gasteiger charge is 2.14. The van der Waals surface area contributed by atoms with E-state index in [2.05, 4.69) is 19.3 Å². The second-order valence-corrected chi connectivity index (χ2v) is 7.61. The zero-order valence-corrected chi connectivity index (χ0v) is 16.1. The van der Waals surface area contributed by atoms with E-state index in [1.165, 1.54) is 38.5 Å². The van der Waals surface area contributed by atoms with Crippen LogP contribution in [0.25, 0.3) is 0 Å². The van der Waals surface area contributed by atoms with Crippen molar-refractivity contribution < 1.29 is 9.63 Å². The van der Waals surface area contributed by atoms with E-state index in [0.29, 0.717) is 18.3 Å². The molecule has 4 heteroatoms. The Morgan fingerprint density at radius 1 is 1.08 bits per heavy atom. The van der Waals surface area contributed by atoms with Gasteiger partial charge in [0, 0.05) is 11.7 Å². The second-order valence-electron chi connectivity index (χ2n) is 6.20. The maximum Gasteiger partial charge on any atom is 0.244 e. The van der Waals surface area contributed by atoms with Gasteiger partial charge in [0.25, 0.3) is 0 Å². The van der Waals surface area contributed by atoms with Gasteiger partial charge in [-0.05, 0) is 24.2 Å². The highest BCUT2D eigenvalue weighted by Crippen LogP contribution is 2.22. The summed E-state index contributed by atoms with van der Waals surface area (Å²) in [6.45, 7) is 4.85. The van der Waals surface area contributed by atoms with Gasteiger partial charge < -0.3 is 0 Å². The van der Waals surface area contributed by atoms with Crippen LogP contribution in [0.2, 0.25) is 0 Å². The monoisotopic (exact) mass is 351 g/mol. The van der Waals surface area contributed by atoms with Crippen LogP contribution in [0.4, 0.5) is 0 Å². The summed E-state index contributed by atoms with van der Waals surface area (Å²) in [5.41, 5.74) is 3.66. The van der Waals surface area contributed by atoms with Crippen LogP contribution >= 0.6 is 11.8 Å². The first kappa shape index (κ1) is 21.0. The van der Waals surface area contributed by atoms with Crippen molar-refractivity contribution in [3.8, 4) is 0 Å². The highest BCUT2D eigenvalue weighted by molar-refractivity contribution is 7.99. The Labute approximate surface area is 151 Å². The molecule has 1 unspecified atom stereocenters. The minimum Gasteiger partial charge on any atom is -0.273 e. The van der Waals surface area contributed by atoms with Crippen LogP contribution in [0.1, 0.15) is 70.8 Å². The van der Waals surface area contributed by atoms with Gasteiger partial charge >= 0.3 is 0 Å². The lowest BCUT2D eigenvalue weighted by atomic mass is 10.1. The fourth-order valence-corrected chi connectivity index (χ4v) is 3.78. The van der Waals surface area contributed by atoms with Crippen LogP contribution in [0.3, 0.4) is 0 Å². The molecule has 0 heterocycles. The smallest absolute Gasteiger partial charge is 0.244 e. The molecule has 0 saturated carbocycles. The molecule has 0 radical (unpaired) electrons. The van der Waals surface area contributed by atoms with E-state index in [1.807, 2.05) is 42.1 Å². The fraction of sp³-hybridized carbons (Fsp3) is 0.650. The van der Waals surface area contributed by atoms with Crippen LogP contribution in [0.5, 0.6) is 0 Å². The number of benzene rings is 1. The zero-order chi connectivity index (χ0) is 17.5. The van der Waals surface area contributed by atoms with Crippen molar-refractivity contribution in [2.24, 2.45) is 0 Å². The molecule has 0 aromatic heterocycles. The highest BCUT2D eigenvalue weighted by atomic mass is 32.2.